The van der Waals surface area contributed by atoms with E-state index in [-0.39, 0.29) is 19.1 Å². The van der Waals surface area contributed by atoms with E-state index in [1.807, 2.05) is 0 Å². The highest BCUT2D eigenvalue weighted by Crippen LogP contribution is 1.84. The van der Waals surface area contributed by atoms with Crippen LogP contribution in [0.1, 0.15) is 6.42 Å². The Morgan fingerprint density at radius 3 is 2.81 bits per heavy atom. The molecule has 0 bridgehead atoms. The molecule has 92 valence electrons. The average molecular weight is 229 g/mol. The van der Waals surface area contributed by atoms with Gasteiger partial charge in [0.1, 0.15) is 6.61 Å². The zero-order valence-electron chi connectivity index (χ0n) is 9.66. The van der Waals surface area contributed by atoms with Crippen molar-refractivity contribution in [1.29, 1.82) is 0 Å². The maximum absolute atomic E-state index is 11.0. The van der Waals surface area contributed by atoms with E-state index in [0.717, 1.165) is 6.42 Å². The highest BCUT2D eigenvalue weighted by atomic mass is 16.6. The first-order chi connectivity index (χ1) is 7.81. The van der Waals surface area contributed by atoms with Crippen LogP contribution >= 0.6 is 0 Å². The van der Waals surface area contributed by atoms with Crippen molar-refractivity contribution in [2.24, 2.45) is 0 Å². The standard InChI is InChI=1S/C11H19NO4/c1-3-5-12-10-11(13)16-9-8-15-7-4-6-14-2/h1,12H,4-10H2,2H3. The number of carbonyl (C=O) groups excluding carboxylic acids is 1. The van der Waals surface area contributed by atoms with Crippen molar-refractivity contribution in [3.63, 3.8) is 0 Å². The van der Waals surface area contributed by atoms with Gasteiger partial charge in [-0.2, -0.15) is 0 Å². The second kappa shape index (κ2) is 12.0. The highest BCUT2D eigenvalue weighted by molar-refractivity contribution is 5.71. The fourth-order valence-corrected chi connectivity index (χ4v) is 0.910. The number of carbonyl (C=O) groups is 1. The molecule has 0 spiro atoms. The molecule has 1 N–H and O–H groups in total. The van der Waals surface area contributed by atoms with Crippen molar-refractivity contribution in [2.75, 3.05) is 46.6 Å². The van der Waals surface area contributed by atoms with Crippen LogP contribution in [0.15, 0.2) is 0 Å². The van der Waals surface area contributed by atoms with Gasteiger partial charge in [-0.05, 0) is 6.42 Å². The van der Waals surface area contributed by atoms with Gasteiger partial charge in [0.25, 0.3) is 0 Å². The summed E-state index contributed by atoms with van der Waals surface area (Å²) in [6, 6.07) is 0. The lowest BCUT2D eigenvalue weighted by Crippen LogP contribution is -2.26. The van der Waals surface area contributed by atoms with E-state index in [9.17, 15) is 4.79 Å². The summed E-state index contributed by atoms with van der Waals surface area (Å²) in [6.07, 6.45) is 5.84. The number of ether oxygens (including phenoxy) is 3. The van der Waals surface area contributed by atoms with E-state index >= 15 is 0 Å². The first kappa shape index (κ1) is 14.9. The molecule has 0 atom stereocenters. The van der Waals surface area contributed by atoms with Crippen LogP contribution in [-0.4, -0.2) is 52.6 Å². The largest absolute Gasteiger partial charge is 0.462 e. The number of esters is 1. The zero-order valence-corrected chi connectivity index (χ0v) is 9.66. The van der Waals surface area contributed by atoms with Gasteiger partial charge in [-0.15, -0.1) is 6.42 Å². The van der Waals surface area contributed by atoms with Gasteiger partial charge in [0.05, 0.1) is 19.7 Å². The van der Waals surface area contributed by atoms with Crippen LogP contribution in [0.25, 0.3) is 0 Å². The Kier molecular flexibility index (Phi) is 11.2. The summed E-state index contributed by atoms with van der Waals surface area (Å²) < 4.78 is 14.9. The third kappa shape index (κ3) is 11.0. The third-order valence-corrected chi connectivity index (χ3v) is 1.62. The molecule has 0 aromatic heterocycles. The van der Waals surface area contributed by atoms with Crippen molar-refractivity contribution in [2.45, 2.75) is 6.42 Å². The van der Waals surface area contributed by atoms with E-state index in [1.165, 1.54) is 0 Å². The molecule has 0 heterocycles. The zero-order chi connectivity index (χ0) is 12.1. The van der Waals surface area contributed by atoms with Crippen LogP contribution in [0, 0.1) is 12.3 Å². The summed E-state index contributed by atoms with van der Waals surface area (Å²) in [5.41, 5.74) is 0. The molecule has 0 aromatic rings. The predicted molar refractivity (Wildman–Crippen MR) is 60.0 cm³/mol. The summed E-state index contributed by atoms with van der Waals surface area (Å²) in [5, 5.41) is 2.74. The molecule has 0 fully saturated rings. The van der Waals surface area contributed by atoms with Gasteiger partial charge in [-0.1, -0.05) is 5.92 Å². The van der Waals surface area contributed by atoms with Crippen LogP contribution in [0.3, 0.4) is 0 Å². The Morgan fingerprint density at radius 1 is 1.31 bits per heavy atom. The van der Waals surface area contributed by atoms with Crippen molar-refractivity contribution in [1.82, 2.24) is 5.32 Å². The average Bonchev–Trinajstić information content (AvgIpc) is 2.28. The number of methoxy groups -OCH3 is 1. The Balaban J connectivity index is 3.12. The minimum absolute atomic E-state index is 0.133. The second-order valence-electron chi connectivity index (χ2n) is 2.99. The predicted octanol–water partition coefficient (Wildman–Crippen LogP) is -0.194. The first-order valence-electron chi connectivity index (χ1n) is 5.17. The van der Waals surface area contributed by atoms with E-state index < -0.39 is 0 Å². The Hall–Kier alpha value is -1.09. The van der Waals surface area contributed by atoms with Crippen LogP contribution < -0.4 is 5.32 Å². The first-order valence-corrected chi connectivity index (χ1v) is 5.17. The topological polar surface area (TPSA) is 56.8 Å². The van der Waals surface area contributed by atoms with Gasteiger partial charge in [0, 0.05) is 20.3 Å². The maximum atomic E-state index is 11.0. The highest BCUT2D eigenvalue weighted by Gasteiger charge is 2.00. The van der Waals surface area contributed by atoms with E-state index in [0.29, 0.717) is 26.4 Å². The van der Waals surface area contributed by atoms with Gasteiger partial charge in [0.15, 0.2) is 0 Å². The quantitative estimate of drug-likeness (QED) is 0.319. The summed E-state index contributed by atoms with van der Waals surface area (Å²) in [7, 11) is 1.64. The molecule has 0 saturated carbocycles. The Labute approximate surface area is 96.4 Å². The van der Waals surface area contributed by atoms with Gasteiger partial charge >= 0.3 is 5.97 Å². The molecule has 5 nitrogen and oxygen atoms in total. The van der Waals surface area contributed by atoms with Crippen LogP contribution in [0.2, 0.25) is 0 Å². The Morgan fingerprint density at radius 2 is 2.12 bits per heavy atom. The molecule has 0 radical (unpaired) electrons. The number of nitrogens with one attached hydrogen (secondary N) is 1. The van der Waals surface area contributed by atoms with Crippen LogP contribution in [0.4, 0.5) is 0 Å². The normalized spacial score (nSPS) is 9.75. The molecule has 0 unspecified atom stereocenters. The summed E-state index contributed by atoms with van der Waals surface area (Å²) in [5.74, 6) is 2.04. The third-order valence-electron chi connectivity index (χ3n) is 1.62. The van der Waals surface area contributed by atoms with Crippen LogP contribution in [-0.2, 0) is 19.0 Å². The van der Waals surface area contributed by atoms with E-state index in [2.05, 4.69) is 11.2 Å². The molecule has 0 amide bonds. The summed E-state index contributed by atoms with van der Waals surface area (Å²) in [4.78, 5) is 11.0. The van der Waals surface area contributed by atoms with Crippen molar-refractivity contribution < 1.29 is 19.0 Å². The molecule has 0 saturated heterocycles. The molecular weight excluding hydrogens is 210 g/mol. The number of terminal acetylenes is 1. The minimum atomic E-state index is -0.323. The van der Waals surface area contributed by atoms with Crippen LogP contribution in [0.5, 0.6) is 0 Å². The molecule has 0 aromatic carbocycles. The SMILES string of the molecule is C#CCNCC(=O)OCCOCCCOC. The van der Waals surface area contributed by atoms with E-state index in [4.69, 9.17) is 20.6 Å². The fraction of sp³-hybridized carbons (Fsp3) is 0.727. The molecule has 0 aliphatic heterocycles. The van der Waals surface area contributed by atoms with E-state index in [1.54, 1.807) is 7.11 Å². The lowest BCUT2D eigenvalue weighted by atomic mass is 10.5. The van der Waals surface area contributed by atoms with Gasteiger partial charge in [-0.3, -0.25) is 10.1 Å². The second-order valence-corrected chi connectivity index (χ2v) is 2.99. The summed E-state index contributed by atoms with van der Waals surface area (Å²) in [6.45, 7) is 2.46. The number of rotatable bonds is 10. The van der Waals surface area contributed by atoms with Crippen molar-refractivity contribution >= 4 is 5.97 Å². The minimum Gasteiger partial charge on any atom is -0.462 e. The smallest absolute Gasteiger partial charge is 0.320 e. The summed E-state index contributed by atoms with van der Waals surface area (Å²) >= 11 is 0. The van der Waals surface area contributed by atoms with Gasteiger partial charge in [0.2, 0.25) is 0 Å². The number of hydrogen-bond acceptors (Lipinski definition) is 5. The number of hydrogen-bond donors (Lipinski definition) is 1. The lowest BCUT2D eigenvalue weighted by Gasteiger charge is -2.05. The molecular formula is C11H19NO4. The monoisotopic (exact) mass is 229 g/mol. The van der Waals surface area contributed by atoms with Gasteiger partial charge < -0.3 is 14.2 Å². The maximum Gasteiger partial charge on any atom is 0.320 e. The Bertz CT molecular complexity index is 213. The van der Waals surface area contributed by atoms with Gasteiger partial charge in [-0.25, -0.2) is 0 Å². The van der Waals surface area contributed by atoms with Crippen molar-refractivity contribution in [3.05, 3.63) is 0 Å². The van der Waals surface area contributed by atoms with Crippen molar-refractivity contribution in [3.8, 4) is 12.3 Å². The molecule has 16 heavy (non-hydrogen) atoms. The lowest BCUT2D eigenvalue weighted by molar-refractivity contribution is -0.144. The molecule has 5 heteroatoms. The molecule has 0 rings (SSSR count). The molecule has 0 aliphatic rings. The molecule has 0 aliphatic carbocycles. The fourth-order valence-electron chi connectivity index (χ4n) is 0.910.